The molecule has 1 saturated heterocycles. The second-order valence-corrected chi connectivity index (χ2v) is 6.59. The van der Waals surface area contributed by atoms with E-state index in [2.05, 4.69) is 30.0 Å². The Morgan fingerprint density at radius 1 is 0.917 bits per heavy atom. The summed E-state index contributed by atoms with van der Waals surface area (Å²) >= 11 is 0. The summed E-state index contributed by atoms with van der Waals surface area (Å²) in [6.07, 6.45) is 7.79. The van der Waals surface area contributed by atoms with Crippen molar-refractivity contribution < 1.29 is 4.52 Å². The Balaban J connectivity index is 1.29. The molecule has 0 amide bonds. The van der Waals surface area contributed by atoms with Gasteiger partial charge in [-0.1, -0.05) is 5.16 Å². The van der Waals surface area contributed by atoms with Gasteiger partial charge in [0, 0.05) is 37.3 Å². The van der Waals surface area contributed by atoms with Crippen molar-refractivity contribution in [1.29, 1.82) is 0 Å². The van der Waals surface area contributed by atoms with Crippen molar-refractivity contribution in [3.8, 4) is 0 Å². The third-order valence-corrected chi connectivity index (χ3v) is 4.89. The van der Waals surface area contributed by atoms with Gasteiger partial charge >= 0.3 is 0 Å². The maximum absolute atomic E-state index is 5.40. The molecule has 3 aromatic rings. The monoisotopic (exact) mass is 322 g/mol. The Morgan fingerprint density at radius 3 is 2.58 bits per heavy atom. The minimum Gasteiger partial charge on any atom is -0.356 e. The first kappa shape index (κ1) is 13.8. The number of rotatable bonds is 3. The van der Waals surface area contributed by atoms with Crippen LogP contribution in [0.25, 0.3) is 11.2 Å². The highest BCUT2D eigenvalue weighted by Crippen LogP contribution is 2.40. The van der Waals surface area contributed by atoms with E-state index in [1.165, 1.54) is 12.8 Å². The number of hydrogen-bond donors (Lipinski definition) is 0. The van der Waals surface area contributed by atoms with Crippen molar-refractivity contribution in [3.63, 3.8) is 0 Å². The van der Waals surface area contributed by atoms with Crippen molar-refractivity contribution in [2.45, 2.75) is 37.5 Å². The first-order valence-corrected chi connectivity index (χ1v) is 8.53. The lowest BCUT2D eigenvalue weighted by atomic mass is 9.96. The molecule has 0 aromatic carbocycles. The van der Waals surface area contributed by atoms with Crippen molar-refractivity contribution >= 4 is 17.0 Å². The van der Waals surface area contributed by atoms with Crippen LogP contribution in [0, 0.1) is 0 Å². The average molecular weight is 322 g/mol. The van der Waals surface area contributed by atoms with Crippen molar-refractivity contribution in [2.75, 3.05) is 18.0 Å². The quantitative estimate of drug-likeness (QED) is 0.733. The summed E-state index contributed by atoms with van der Waals surface area (Å²) in [6.45, 7) is 1.88. The molecule has 0 spiro atoms. The van der Waals surface area contributed by atoms with E-state index < -0.39 is 0 Å². The van der Waals surface area contributed by atoms with Crippen LogP contribution in [-0.2, 0) is 0 Å². The molecule has 0 bridgehead atoms. The van der Waals surface area contributed by atoms with E-state index in [0.717, 1.165) is 49.0 Å². The predicted octanol–water partition coefficient (Wildman–Crippen LogP) is 2.67. The van der Waals surface area contributed by atoms with Crippen LogP contribution in [0.2, 0.25) is 0 Å². The fourth-order valence-corrected chi connectivity index (χ4v) is 3.30. The number of aromatic nitrogens is 5. The third-order valence-electron chi connectivity index (χ3n) is 4.89. The van der Waals surface area contributed by atoms with Gasteiger partial charge in [-0.05, 0) is 37.8 Å². The van der Waals surface area contributed by atoms with E-state index >= 15 is 0 Å². The summed E-state index contributed by atoms with van der Waals surface area (Å²) in [5.74, 6) is 3.59. The molecule has 1 saturated carbocycles. The number of pyridine rings is 1. The van der Waals surface area contributed by atoms with Crippen LogP contribution in [0.5, 0.6) is 0 Å². The Bertz CT molecular complexity index is 866. The van der Waals surface area contributed by atoms with Crippen LogP contribution in [0.1, 0.15) is 49.2 Å². The van der Waals surface area contributed by atoms with E-state index in [1.807, 2.05) is 12.1 Å². The summed E-state index contributed by atoms with van der Waals surface area (Å²) in [5, 5.41) is 4.20. The molecule has 2 fully saturated rings. The van der Waals surface area contributed by atoms with Crippen molar-refractivity contribution in [2.24, 2.45) is 0 Å². The fourth-order valence-electron chi connectivity index (χ4n) is 3.30. The highest BCUT2D eigenvalue weighted by molar-refractivity contribution is 5.71. The Hall–Kier alpha value is -2.57. The summed E-state index contributed by atoms with van der Waals surface area (Å²) < 4.78 is 5.40. The smallest absolute Gasteiger partial charge is 0.229 e. The van der Waals surface area contributed by atoms with Gasteiger partial charge in [0.25, 0.3) is 0 Å². The first-order chi connectivity index (χ1) is 11.9. The second kappa shape index (κ2) is 5.51. The first-order valence-electron chi connectivity index (χ1n) is 8.53. The highest BCUT2D eigenvalue weighted by atomic mass is 16.5. The normalized spacial score (nSPS) is 19.1. The molecule has 24 heavy (non-hydrogen) atoms. The highest BCUT2D eigenvalue weighted by Gasteiger charge is 2.32. The number of fused-ring (bicyclic) bond motifs is 1. The predicted molar refractivity (Wildman–Crippen MR) is 87.8 cm³/mol. The average Bonchev–Trinajstić information content (AvgIpc) is 3.38. The van der Waals surface area contributed by atoms with Gasteiger partial charge in [0.2, 0.25) is 5.89 Å². The molecule has 122 valence electrons. The lowest BCUT2D eigenvalue weighted by Gasteiger charge is -2.31. The van der Waals surface area contributed by atoms with E-state index in [4.69, 9.17) is 4.52 Å². The van der Waals surface area contributed by atoms with Crippen LogP contribution in [0.15, 0.2) is 29.0 Å². The Morgan fingerprint density at radius 2 is 1.75 bits per heavy atom. The summed E-state index contributed by atoms with van der Waals surface area (Å²) in [5.41, 5.74) is 1.53. The Kier molecular flexibility index (Phi) is 3.17. The molecule has 5 rings (SSSR count). The molecular weight excluding hydrogens is 304 g/mol. The van der Waals surface area contributed by atoms with Gasteiger partial charge in [-0.2, -0.15) is 4.98 Å². The number of piperidine rings is 1. The van der Waals surface area contributed by atoms with Gasteiger partial charge in [0.15, 0.2) is 11.5 Å². The molecule has 3 aromatic heterocycles. The zero-order chi connectivity index (χ0) is 15.9. The maximum atomic E-state index is 5.40. The molecular formula is C17H18N6O. The van der Waals surface area contributed by atoms with Crippen molar-refractivity contribution in [1.82, 2.24) is 25.1 Å². The largest absolute Gasteiger partial charge is 0.356 e. The van der Waals surface area contributed by atoms with Gasteiger partial charge in [0.1, 0.15) is 11.3 Å². The number of anilines is 1. The van der Waals surface area contributed by atoms with Gasteiger partial charge in [-0.15, -0.1) is 0 Å². The Labute approximate surface area is 139 Å². The molecule has 0 unspecified atom stereocenters. The zero-order valence-corrected chi connectivity index (χ0v) is 13.3. The summed E-state index contributed by atoms with van der Waals surface area (Å²) in [4.78, 5) is 20.1. The van der Waals surface area contributed by atoms with Crippen LogP contribution >= 0.6 is 0 Å². The molecule has 7 heteroatoms. The van der Waals surface area contributed by atoms with E-state index in [1.54, 1.807) is 12.4 Å². The molecule has 1 aliphatic carbocycles. The minimum absolute atomic E-state index is 0.387. The minimum atomic E-state index is 0.387. The second-order valence-electron chi connectivity index (χ2n) is 6.59. The molecule has 1 aliphatic heterocycles. The molecule has 4 heterocycles. The lowest BCUT2D eigenvalue weighted by Crippen LogP contribution is -2.33. The third kappa shape index (κ3) is 2.50. The van der Waals surface area contributed by atoms with Crippen LogP contribution in [0.3, 0.4) is 0 Å². The number of nitrogens with zero attached hydrogens (tertiary/aromatic N) is 6. The van der Waals surface area contributed by atoms with Gasteiger partial charge in [-0.25, -0.2) is 9.97 Å². The molecule has 7 nitrogen and oxygen atoms in total. The molecule has 0 N–H and O–H groups in total. The maximum Gasteiger partial charge on any atom is 0.229 e. The van der Waals surface area contributed by atoms with Gasteiger partial charge < -0.3 is 9.42 Å². The topological polar surface area (TPSA) is 80.8 Å². The van der Waals surface area contributed by atoms with Gasteiger partial charge in [-0.3, -0.25) is 4.98 Å². The van der Waals surface area contributed by atoms with E-state index in [-0.39, 0.29) is 0 Å². The van der Waals surface area contributed by atoms with Crippen molar-refractivity contribution in [3.05, 3.63) is 36.2 Å². The van der Waals surface area contributed by atoms with Crippen LogP contribution < -0.4 is 4.90 Å². The van der Waals surface area contributed by atoms with Gasteiger partial charge in [0.05, 0.1) is 0 Å². The fraction of sp³-hybridized carbons (Fsp3) is 0.471. The van der Waals surface area contributed by atoms with Crippen LogP contribution in [0.4, 0.5) is 5.82 Å². The van der Waals surface area contributed by atoms with Crippen LogP contribution in [-0.4, -0.2) is 38.2 Å². The van der Waals surface area contributed by atoms with E-state index in [9.17, 15) is 0 Å². The van der Waals surface area contributed by atoms with E-state index in [0.29, 0.717) is 17.5 Å². The number of hydrogen-bond acceptors (Lipinski definition) is 7. The lowest BCUT2D eigenvalue weighted by molar-refractivity contribution is 0.364. The standard InChI is InChI=1S/C17H18N6O/c1-2-12(1)17-21-15(22-24-17)11-5-9-23(10-6-11)14-4-3-13-16(20-14)19-8-7-18-13/h3-4,7-8,11-12H,1-2,5-6,9-10H2. The molecule has 0 atom stereocenters. The SMILES string of the molecule is c1cnc2nc(N3CCC(c4noc(C5CC5)n4)CC3)ccc2n1. The molecule has 0 radical (unpaired) electrons. The summed E-state index contributed by atoms with van der Waals surface area (Å²) in [6, 6.07) is 4.01. The molecule has 2 aliphatic rings. The zero-order valence-electron chi connectivity index (χ0n) is 13.3. The summed E-state index contributed by atoms with van der Waals surface area (Å²) in [7, 11) is 0.